The summed E-state index contributed by atoms with van der Waals surface area (Å²) in [6.45, 7) is 3.60. The standard InChI is InChI=1S/C31H35N3O7/c1-13-17-11-12-18(15-7-9-16(10-8-15)33(3)4)25(35)20(17)26(36)21-19(13)14(2)23-24(34(5)6)27(37)22(30(32)40)29(39)31(23,41)28(21)38/h7-14,19,23-24,35,37-38,41H,1-6H3,(H2,32,40)/t13-,14+,19+,23+,24+,31-/m0/s1. The second-order valence-corrected chi connectivity index (χ2v) is 11.8. The summed E-state index contributed by atoms with van der Waals surface area (Å²) in [5.41, 5.74) is 4.32. The van der Waals surface area contributed by atoms with Crippen molar-refractivity contribution in [2.75, 3.05) is 33.1 Å². The number of Topliss-reactive ketones (excluding diaryl/α,β-unsaturated/α-hetero) is 2. The fourth-order valence-corrected chi connectivity index (χ4v) is 7.28. The average molecular weight is 562 g/mol. The molecule has 0 bridgehead atoms. The number of primary amides is 1. The predicted molar refractivity (Wildman–Crippen MR) is 153 cm³/mol. The lowest BCUT2D eigenvalue weighted by Gasteiger charge is -2.54. The Morgan fingerprint density at radius 1 is 0.951 bits per heavy atom. The van der Waals surface area contributed by atoms with Crippen LogP contribution in [0, 0.1) is 17.8 Å². The Morgan fingerprint density at radius 3 is 2.10 bits per heavy atom. The van der Waals surface area contributed by atoms with Gasteiger partial charge in [0.25, 0.3) is 5.91 Å². The fourth-order valence-electron chi connectivity index (χ4n) is 7.28. The van der Waals surface area contributed by atoms with Gasteiger partial charge in [-0.1, -0.05) is 38.1 Å². The molecule has 216 valence electrons. The zero-order valence-corrected chi connectivity index (χ0v) is 23.8. The number of aliphatic hydroxyl groups excluding tert-OH is 2. The molecule has 0 spiro atoms. The molecule has 0 saturated carbocycles. The molecular weight excluding hydrogens is 526 g/mol. The first-order valence-corrected chi connectivity index (χ1v) is 13.4. The summed E-state index contributed by atoms with van der Waals surface area (Å²) in [6.07, 6.45) is 0. The monoisotopic (exact) mass is 561 g/mol. The molecule has 3 aliphatic rings. The Morgan fingerprint density at radius 2 is 1.56 bits per heavy atom. The van der Waals surface area contributed by atoms with Gasteiger partial charge >= 0.3 is 0 Å². The molecule has 0 fully saturated rings. The summed E-state index contributed by atoms with van der Waals surface area (Å²) < 4.78 is 0. The van der Waals surface area contributed by atoms with Gasteiger partial charge in [-0.05, 0) is 49.2 Å². The number of allylic oxidation sites excluding steroid dienone is 1. The van der Waals surface area contributed by atoms with E-state index in [1.54, 1.807) is 33.2 Å². The molecule has 10 nitrogen and oxygen atoms in total. The molecule has 2 aromatic rings. The molecule has 3 aliphatic carbocycles. The lowest BCUT2D eigenvalue weighted by Crippen LogP contribution is -2.66. The van der Waals surface area contributed by atoms with Crippen molar-refractivity contribution >= 4 is 23.2 Å². The number of anilines is 1. The summed E-state index contributed by atoms with van der Waals surface area (Å²) in [5.74, 6) is -7.78. The highest BCUT2D eigenvalue weighted by Gasteiger charge is 2.66. The van der Waals surface area contributed by atoms with E-state index in [9.17, 15) is 34.8 Å². The number of hydrogen-bond acceptors (Lipinski definition) is 9. The van der Waals surface area contributed by atoms with Gasteiger partial charge in [-0.3, -0.25) is 19.3 Å². The van der Waals surface area contributed by atoms with Crippen LogP contribution in [-0.2, 0) is 9.59 Å². The number of benzene rings is 2. The van der Waals surface area contributed by atoms with Crippen molar-refractivity contribution in [2.45, 2.75) is 31.4 Å². The Kier molecular flexibility index (Phi) is 6.55. The van der Waals surface area contributed by atoms with E-state index in [0.29, 0.717) is 16.7 Å². The first kappa shape index (κ1) is 28.4. The number of nitrogens with zero attached hydrogens (tertiary/aromatic N) is 2. The van der Waals surface area contributed by atoms with E-state index in [1.165, 1.54) is 4.90 Å². The third-order valence-electron chi connectivity index (χ3n) is 9.22. The highest BCUT2D eigenvalue weighted by atomic mass is 16.3. The Bertz CT molecular complexity index is 1560. The molecule has 1 amide bonds. The van der Waals surface area contributed by atoms with E-state index in [2.05, 4.69) is 0 Å². The van der Waals surface area contributed by atoms with E-state index >= 15 is 0 Å². The normalized spacial score (nSPS) is 29.3. The second kappa shape index (κ2) is 9.46. The number of hydrogen-bond donors (Lipinski definition) is 5. The van der Waals surface area contributed by atoms with Gasteiger partial charge in [-0.2, -0.15) is 0 Å². The van der Waals surface area contributed by atoms with Gasteiger partial charge in [0.1, 0.15) is 22.8 Å². The number of phenolic OH excluding ortho intramolecular Hbond substituents is 1. The van der Waals surface area contributed by atoms with Crippen molar-refractivity contribution in [3.05, 3.63) is 70.2 Å². The largest absolute Gasteiger partial charge is 0.510 e. The van der Waals surface area contributed by atoms with Crippen LogP contribution in [0.15, 0.2) is 59.1 Å². The number of nitrogens with two attached hydrogens (primary N) is 1. The zero-order valence-electron chi connectivity index (χ0n) is 23.8. The summed E-state index contributed by atoms with van der Waals surface area (Å²) in [4.78, 5) is 43.5. The SMILES string of the molecule is C[C@@H]1[C@@H]2C(=C(O)[C@]3(O)C(=O)C(C(N)=O)=C(O)[C@H](N(C)C)[C@@H]13)C(=O)c1c(ccc(-c3ccc(N(C)C)cc3)c1O)[C@@H]2C. The molecule has 0 aliphatic heterocycles. The molecule has 5 rings (SSSR count). The van der Waals surface area contributed by atoms with E-state index in [4.69, 9.17) is 5.73 Å². The van der Waals surface area contributed by atoms with Crippen LogP contribution in [0.4, 0.5) is 5.69 Å². The average Bonchev–Trinajstić information content (AvgIpc) is 2.90. The highest BCUT2D eigenvalue weighted by molar-refractivity contribution is 6.25. The molecule has 6 atom stereocenters. The molecule has 0 aromatic heterocycles. The number of carbonyl (C=O) groups is 3. The van der Waals surface area contributed by atoms with Gasteiger partial charge in [-0.15, -0.1) is 0 Å². The first-order chi connectivity index (χ1) is 19.2. The molecule has 41 heavy (non-hydrogen) atoms. The Balaban J connectivity index is 1.73. The molecule has 2 aromatic carbocycles. The molecule has 10 heteroatoms. The molecule has 0 unspecified atom stereocenters. The topological polar surface area (TPSA) is 165 Å². The minimum absolute atomic E-state index is 0.0142. The third kappa shape index (κ3) is 3.74. The fraction of sp³-hybridized carbons (Fsp3) is 0.387. The van der Waals surface area contributed by atoms with Gasteiger partial charge in [0, 0.05) is 42.8 Å². The third-order valence-corrected chi connectivity index (χ3v) is 9.22. The van der Waals surface area contributed by atoms with Gasteiger partial charge in [0.2, 0.25) is 5.78 Å². The number of rotatable bonds is 4. The summed E-state index contributed by atoms with van der Waals surface area (Å²) in [6, 6.07) is 9.91. The number of aromatic hydroxyl groups is 1. The van der Waals surface area contributed by atoms with Crippen molar-refractivity contribution in [3.8, 4) is 16.9 Å². The van der Waals surface area contributed by atoms with Crippen molar-refractivity contribution < 1.29 is 34.8 Å². The van der Waals surface area contributed by atoms with Crippen molar-refractivity contribution in [2.24, 2.45) is 23.5 Å². The number of ketones is 2. The van der Waals surface area contributed by atoms with Gasteiger partial charge in [-0.25, -0.2) is 0 Å². The number of phenols is 1. The lowest BCUT2D eigenvalue weighted by atomic mass is 9.52. The number of amides is 1. The van der Waals surface area contributed by atoms with Crippen LogP contribution in [-0.4, -0.2) is 82.6 Å². The van der Waals surface area contributed by atoms with Crippen LogP contribution in [0.1, 0.15) is 35.7 Å². The van der Waals surface area contributed by atoms with Crippen molar-refractivity contribution in [1.82, 2.24) is 4.90 Å². The zero-order chi connectivity index (χ0) is 30.3. The molecule has 0 radical (unpaired) electrons. The van der Waals surface area contributed by atoms with Crippen LogP contribution in [0.2, 0.25) is 0 Å². The number of likely N-dealkylation sites (N-methyl/N-ethyl adjacent to an activating group) is 1. The van der Waals surface area contributed by atoms with E-state index < -0.39 is 69.9 Å². The van der Waals surface area contributed by atoms with Crippen LogP contribution in [0.25, 0.3) is 11.1 Å². The second-order valence-electron chi connectivity index (χ2n) is 11.8. The number of fused-ring (bicyclic) bond motifs is 3. The van der Waals surface area contributed by atoms with Crippen LogP contribution < -0.4 is 10.6 Å². The Labute approximate surface area is 238 Å². The van der Waals surface area contributed by atoms with E-state index in [1.807, 2.05) is 50.2 Å². The minimum atomic E-state index is -2.70. The predicted octanol–water partition coefficient (Wildman–Crippen LogP) is 2.66. The summed E-state index contributed by atoms with van der Waals surface area (Å²) in [5, 5.41) is 46.0. The lowest BCUT2D eigenvalue weighted by molar-refractivity contribution is -0.153. The van der Waals surface area contributed by atoms with Gasteiger partial charge in [0.05, 0.1) is 11.6 Å². The number of carbonyl (C=O) groups excluding carboxylic acids is 3. The first-order valence-electron chi connectivity index (χ1n) is 13.4. The Hall–Kier alpha value is -4.15. The van der Waals surface area contributed by atoms with E-state index in [0.717, 1.165) is 5.69 Å². The van der Waals surface area contributed by atoms with Crippen molar-refractivity contribution in [1.29, 1.82) is 0 Å². The van der Waals surface area contributed by atoms with Crippen LogP contribution in [0.5, 0.6) is 5.75 Å². The quantitative estimate of drug-likeness (QED) is 0.353. The van der Waals surface area contributed by atoms with Crippen LogP contribution >= 0.6 is 0 Å². The number of aliphatic hydroxyl groups is 3. The van der Waals surface area contributed by atoms with Gasteiger partial charge in [0.15, 0.2) is 11.4 Å². The smallest absolute Gasteiger partial charge is 0.255 e. The van der Waals surface area contributed by atoms with Crippen molar-refractivity contribution in [3.63, 3.8) is 0 Å². The molecule has 6 N–H and O–H groups in total. The maximum Gasteiger partial charge on any atom is 0.255 e. The minimum Gasteiger partial charge on any atom is -0.510 e. The van der Waals surface area contributed by atoms with Gasteiger partial charge < -0.3 is 31.1 Å². The van der Waals surface area contributed by atoms with Crippen LogP contribution in [0.3, 0.4) is 0 Å². The maximum atomic E-state index is 14.1. The molecular formula is C31H35N3O7. The summed E-state index contributed by atoms with van der Waals surface area (Å²) in [7, 11) is 7.03. The summed E-state index contributed by atoms with van der Waals surface area (Å²) >= 11 is 0. The molecule has 0 heterocycles. The molecule has 0 saturated heterocycles. The maximum absolute atomic E-state index is 14.1. The van der Waals surface area contributed by atoms with E-state index in [-0.39, 0.29) is 16.9 Å². The highest BCUT2D eigenvalue weighted by Crippen LogP contribution is 2.58.